The Balaban J connectivity index is 0. The second-order valence-corrected chi connectivity index (χ2v) is 2.23. The van der Waals surface area contributed by atoms with Gasteiger partial charge in [-0.2, -0.15) is 25.3 Å². The minimum Gasteiger partial charge on any atom is -0.390 e. The minimum atomic E-state index is -0.740. The molecule has 0 spiro atoms. The Bertz CT molecular complexity index is 56.5. The van der Waals surface area contributed by atoms with Crippen LogP contribution in [0, 0.1) is 0 Å². The first-order valence-electron chi connectivity index (χ1n) is 2.30. The van der Waals surface area contributed by atoms with E-state index in [-0.39, 0.29) is 23.9 Å². The van der Waals surface area contributed by atoms with Crippen LogP contribution < -0.4 is 0 Å². The van der Waals surface area contributed by atoms with E-state index in [4.69, 9.17) is 10.2 Å². The fourth-order valence-corrected chi connectivity index (χ4v) is 0.730. The zero-order chi connectivity index (χ0) is 6.57. The minimum absolute atomic E-state index is 0. The lowest BCUT2D eigenvalue weighted by Gasteiger charge is -2.11. The van der Waals surface area contributed by atoms with E-state index < -0.39 is 12.2 Å². The van der Waals surface area contributed by atoms with Crippen molar-refractivity contribution in [3.63, 3.8) is 0 Å². The molecule has 0 radical (unpaired) electrons. The van der Waals surface area contributed by atoms with E-state index >= 15 is 0 Å². The highest BCUT2D eigenvalue weighted by Crippen LogP contribution is 1.96. The summed E-state index contributed by atoms with van der Waals surface area (Å²) in [5.41, 5.74) is 0. The molecular weight excluding hydrogens is 180 g/mol. The number of rotatable bonds is 3. The Hall–Kier alpha value is 0.910. The van der Waals surface area contributed by atoms with Gasteiger partial charge in [0.15, 0.2) is 0 Å². The zero-order valence-corrected chi connectivity index (χ0v) is 7.37. The van der Waals surface area contributed by atoms with Gasteiger partial charge in [-0.25, -0.2) is 0 Å². The molecule has 0 rings (SSSR count). The van der Waals surface area contributed by atoms with Gasteiger partial charge in [0.1, 0.15) is 0 Å². The molecule has 2 N–H and O–H groups in total. The van der Waals surface area contributed by atoms with Crippen LogP contribution in [0.1, 0.15) is 0 Å². The van der Waals surface area contributed by atoms with Crippen LogP contribution in [0.5, 0.6) is 0 Å². The number of thiol groups is 2. The average molecular weight is 191 g/mol. The maximum Gasteiger partial charge on any atom is 0.0894 e. The summed E-state index contributed by atoms with van der Waals surface area (Å²) >= 11 is 7.53. The number of halogens is 1. The summed E-state index contributed by atoms with van der Waals surface area (Å²) in [5, 5.41) is 17.5. The van der Waals surface area contributed by atoms with E-state index in [9.17, 15) is 0 Å². The third-order valence-electron chi connectivity index (χ3n) is 0.818. The smallest absolute Gasteiger partial charge is 0.0894 e. The molecule has 0 fully saturated rings. The van der Waals surface area contributed by atoms with Gasteiger partial charge >= 0.3 is 0 Å². The quantitative estimate of drug-likeness (QED) is 0.473. The first-order chi connectivity index (χ1) is 3.72. The van der Waals surface area contributed by atoms with Crippen molar-refractivity contribution < 1.29 is 10.2 Å². The van der Waals surface area contributed by atoms with Gasteiger partial charge in [-0.1, -0.05) is 0 Å². The summed E-state index contributed by atoms with van der Waals surface area (Å²) in [7, 11) is 0. The molecule has 0 aromatic carbocycles. The van der Waals surface area contributed by atoms with Gasteiger partial charge in [0.25, 0.3) is 0 Å². The number of aliphatic hydroxyl groups excluding tert-OH is 2. The predicted octanol–water partition coefficient (Wildman–Crippen LogP) is -0.0104. The topological polar surface area (TPSA) is 40.5 Å². The maximum absolute atomic E-state index is 8.75. The second-order valence-electron chi connectivity index (χ2n) is 1.50. The van der Waals surface area contributed by atoms with Gasteiger partial charge < -0.3 is 10.2 Å². The molecule has 0 unspecified atom stereocenters. The van der Waals surface area contributed by atoms with Crippen LogP contribution in [0.3, 0.4) is 0 Å². The Morgan fingerprint density at radius 2 is 1.22 bits per heavy atom. The third kappa shape index (κ3) is 5.36. The summed E-state index contributed by atoms with van der Waals surface area (Å²) in [5.74, 6) is 0.559. The molecule has 0 aliphatic carbocycles. The highest BCUT2D eigenvalue weighted by molar-refractivity contribution is 7.80. The molecule has 0 saturated heterocycles. The monoisotopic (exact) mass is 190 g/mol. The fourth-order valence-electron chi connectivity index (χ4n) is 0.243. The van der Waals surface area contributed by atoms with Gasteiger partial charge in [-0.15, -0.1) is 12.4 Å². The average Bonchev–Trinajstić information content (AvgIpc) is 1.84. The Labute approximate surface area is 71.9 Å². The van der Waals surface area contributed by atoms with Crippen molar-refractivity contribution in [1.82, 2.24) is 0 Å². The molecular formula is C4H11ClO2S2. The molecule has 0 aliphatic heterocycles. The van der Waals surface area contributed by atoms with E-state index in [0.717, 1.165) is 0 Å². The summed E-state index contributed by atoms with van der Waals surface area (Å²) in [6, 6.07) is 0. The molecule has 58 valence electrons. The van der Waals surface area contributed by atoms with Gasteiger partial charge in [0.2, 0.25) is 0 Å². The molecule has 0 aliphatic rings. The highest BCUT2D eigenvalue weighted by atomic mass is 35.5. The molecule has 5 heteroatoms. The molecule has 0 bridgehead atoms. The Morgan fingerprint density at radius 3 is 1.33 bits per heavy atom. The fraction of sp³-hybridized carbons (Fsp3) is 1.00. The van der Waals surface area contributed by atoms with Crippen molar-refractivity contribution in [1.29, 1.82) is 0 Å². The van der Waals surface area contributed by atoms with Crippen molar-refractivity contribution in [2.24, 2.45) is 0 Å². The number of hydrogen-bond acceptors (Lipinski definition) is 4. The highest BCUT2D eigenvalue weighted by Gasteiger charge is 2.10. The summed E-state index contributed by atoms with van der Waals surface area (Å²) in [4.78, 5) is 0. The predicted molar refractivity (Wildman–Crippen MR) is 47.0 cm³/mol. The summed E-state index contributed by atoms with van der Waals surface area (Å²) in [6.07, 6.45) is -1.48. The van der Waals surface area contributed by atoms with Crippen LogP contribution in [-0.2, 0) is 0 Å². The van der Waals surface area contributed by atoms with E-state index in [2.05, 4.69) is 25.3 Å². The lowest BCUT2D eigenvalue weighted by atomic mass is 10.3. The van der Waals surface area contributed by atoms with E-state index in [1.54, 1.807) is 0 Å². The summed E-state index contributed by atoms with van der Waals surface area (Å²) in [6.45, 7) is 0. The Morgan fingerprint density at radius 1 is 1.00 bits per heavy atom. The first kappa shape index (κ1) is 12.6. The number of aliphatic hydroxyl groups is 2. The van der Waals surface area contributed by atoms with Gasteiger partial charge in [0, 0.05) is 11.5 Å². The lowest BCUT2D eigenvalue weighted by molar-refractivity contribution is 0.0504. The van der Waals surface area contributed by atoms with Gasteiger partial charge in [0.05, 0.1) is 12.2 Å². The second kappa shape index (κ2) is 7.02. The van der Waals surface area contributed by atoms with Gasteiger partial charge in [-0.05, 0) is 0 Å². The van der Waals surface area contributed by atoms with E-state index in [1.807, 2.05) is 0 Å². The molecule has 0 aromatic rings. The van der Waals surface area contributed by atoms with Crippen LogP contribution in [0.15, 0.2) is 0 Å². The van der Waals surface area contributed by atoms with Crippen LogP contribution >= 0.6 is 37.7 Å². The maximum atomic E-state index is 8.75. The largest absolute Gasteiger partial charge is 0.390 e. The lowest BCUT2D eigenvalue weighted by Crippen LogP contribution is -2.28. The molecule has 0 amide bonds. The van der Waals surface area contributed by atoms with Crippen LogP contribution in [0.4, 0.5) is 0 Å². The molecule has 9 heavy (non-hydrogen) atoms. The Kier molecular flexibility index (Phi) is 9.81. The van der Waals surface area contributed by atoms with Crippen molar-refractivity contribution in [2.75, 3.05) is 11.5 Å². The SMILES string of the molecule is Cl.O[C@H](CS)[C@H](O)CS. The van der Waals surface area contributed by atoms with Crippen molar-refractivity contribution in [3.8, 4) is 0 Å². The molecule has 0 aromatic heterocycles. The van der Waals surface area contributed by atoms with Crippen LogP contribution in [0.25, 0.3) is 0 Å². The standard InChI is InChI=1S/C4H10O2S2.ClH/c5-3(1-7)4(6)2-8;/h3-8H,1-2H2;1H/t3-,4-;/m1./s1. The third-order valence-corrected chi connectivity index (χ3v) is 1.57. The number of hydrogen-bond donors (Lipinski definition) is 4. The molecule has 0 saturated carbocycles. The van der Waals surface area contributed by atoms with E-state index in [0.29, 0.717) is 0 Å². The first-order valence-corrected chi connectivity index (χ1v) is 3.56. The molecule has 0 heterocycles. The van der Waals surface area contributed by atoms with Crippen molar-refractivity contribution >= 4 is 37.7 Å². The normalized spacial score (nSPS) is 16.0. The zero-order valence-electron chi connectivity index (χ0n) is 4.77. The molecule has 2 atom stereocenters. The van der Waals surface area contributed by atoms with Gasteiger partial charge in [-0.3, -0.25) is 0 Å². The van der Waals surface area contributed by atoms with Crippen molar-refractivity contribution in [2.45, 2.75) is 12.2 Å². The van der Waals surface area contributed by atoms with Crippen LogP contribution in [0.2, 0.25) is 0 Å². The van der Waals surface area contributed by atoms with E-state index in [1.165, 1.54) is 0 Å². The summed E-state index contributed by atoms with van der Waals surface area (Å²) < 4.78 is 0. The molecule has 2 nitrogen and oxygen atoms in total. The van der Waals surface area contributed by atoms with Crippen LogP contribution in [-0.4, -0.2) is 33.9 Å². The van der Waals surface area contributed by atoms with Crippen molar-refractivity contribution in [3.05, 3.63) is 0 Å².